The van der Waals surface area contributed by atoms with Crippen molar-refractivity contribution in [2.75, 3.05) is 25.5 Å². The number of hydrogen-bond acceptors (Lipinski definition) is 6. The number of alkyl halides is 2. The van der Waals surface area contributed by atoms with Crippen molar-refractivity contribution in [1.29, 1.82) is 0 Å². The first-order valence-electron chi connectivity index (χ1n) is 11.0. The fourth-order valence-electron chi connectivity index (χ4n) is 4.69. The number of nitrogens with zero attached hydrogens (tertiary/aromatic N) is 6. The third-order valence-corrected chi connectivity index (χ3v) is 6.88. The summed E-state index contributed by atoms with van der Waals surface area (Å²) in [5.74, 6) is 1.13. The van der Waals surface area contributed by atoms with Gasteiger partial charge in [-0.3, -0.25) is 0 Å². The van der Waals surface area contributed by atoms with Crippen LogP contribution >= 0.6 is 0 Å². The van der Waals surface area contributed by atoms with E-state index in [1.54, 1.807) is 23.8 Å². The van der Waals surface area contributed by atoms with Crippen molar-refractivity contribution >= 4 is 23.0 Å². The molecule has 0 saturated carbocycles. The molecule has 0 aromatic carbocycles. The molecule has 0 bridgehead atoms. The quantitative estimate of drug-likeness (QED) is 0.628. The highest BCUT2D eigenvalue weighted by atomic mass is 19.3. The number of anilines is 1. The topological polar surface area (TPSA) is 70.7 Å². The van der Waals surface area contributed by atoms with Gasteiger partial charge in [-0.25, -0.2) is 28.3 Å². The summed E-state index contributed by atoms with van der Waals surface area (Å²) in [7, 11) is 2.14. The van der Waals surface area contributed by atoms with Crippen molar-refractivity contribution in [2.45, 2.75) is 51.0 Å². The van der Waals surface area contributed by atoms with E-state index >= 15 is 0 Å². The Morgan fingerprint density at radius 1 is 1.25 bits per heavy atom. The second kappa shape index (κ2) is 7.88. The van der Waals surface area contributed by atoms with E-state index in [0.717, 1.165) is 48.1 Å². The second-order valence-electron chi connectivity index (χ2n) is 9.08. The van der Waals surface area contributed by atoms with Crippen molar-refractivity contribution in [1.82, 2.24) is 24.5 Å². The molecule has 3 aromatic heterocycles. The zero-order chi connectivity index (χ0) is 22.5. The Hall–Kier alpha value is -2.94. The summed E-state index contributed by atoms with van der Waals surface area (Å²) >= 11 is 0. The van der Waals surface area contributed by atoms with Gasteiger partial charge in [0.1, 0.15) is 0 Å². The smallest absolute Gasteiger partial charge is 0.241 e. The van der Waals surface area contributed by atoms with Crippen molar-refractivity contribution in [3.63, 3.8) is 0 Å². The zero-order valence-corrected chi connectivity index (χ0v) is 18.5. The summed E-state index contributed by atoms with van der Waals surface area (Å²) in [5.41, 5.74) is 3.20. The molecule has 3 aromatic rings. The predicted octanol–water partition coefficient (Wildman–Crippen LogP) is 4.56. The molecule has 1 saturated heterocycles. The van der Waals surface area contributed by atoms with Crippen molar-refractivity contribution in [3.8, 4) is 11.1 Å². The lowest BCUT2D eigenvalue weighted by atomic mass is 9.77. The van der Waals surface area contributed by atoms with Crippen LogP contribution < -0.4 is 5.32 Å². The van der Waals surface area contributed by atoms with Crippen LogP contribution in [0.3, 0.4) is 0 Å². The monoisotopic (exact) mass is 441 g/mol. The average Bonchev–Trinajstić information content (AvgIpc) is 3.28. The molecule has 9 heteroatoms. The lowest BCUT2D eigenvalue weighted by Crippen LogP contribution is -2.37. The number of rotatable bonds is 5. The minimum atomic E-state index is -2.42. The fourth-order valence-corrected chi connectivity index (χ4v) is 4.69. The van der Waals surface area contributed by atoms with E-state index in [2.05, 4.69) is 37.3 Å². The summed E-state index contributed by atoms with van der Waals surface area (Å²) in [6.07, 6.45) is 4.87. The fraction of sp³-hybridized carbons (Fsp3) is 0.478. The minimum absolute atomic E-state index is 0. The van der Waals surface area contributed by atoms with Crippen molar-refractivity contribution < 1.29 is 10.2 Å². The van der Waals surface area contributed by atoms with E-state index in [4.69, 9.17) is 0 Å². The van der Waals surface area contributed by atoms with Crippen LogP contribution in [0, 0.1) is 0 Å². The maximum atomic E-state index is 13.3. The number of likely N-dealkylation sites (tertiary alicyclic amines) is 1. The molecule has 0 radical (unpaired) electrons. The van der Waals surface area contributed by atoms with E-state index in [0.29, 0.717) is 23.5 Å². The van der Waals surface area contributed by atoms with Gasteiger partial charge >= 0.3 is 0 Å². The first-order chi connectivity index (χ1) is 15.3. The van der Waals surface area contributed by atoms with E-state index < -0.39 is 11.8 Å². The molecule has 7 nitrogen and oxygen atoms in total. The van der Waals surface area contributed by atoms with Crippen LogP contribution in [0.2, 0.25) is 0 Å². The van der Waals surface area contributed by atoms with Crippen LogP contribution in [0.4, 0.5) is 20.5 Å². The molecule has 2 aliphatic heterocycles. The molecule has 1 atom stereocenters. The van der Waals surface area contributed by atoms with Gasteiger partial charge in [0.2, 0.25) is 12.4 Å². The molecule has 170 valence electrons. The van der Waals surface area contributed by atoms with Crippen molar-refractivity contribution in [2.24, 2.45) is 4.99 Å². The van der Waals surface area contributed by atoms with E-state index in [-0.39, 0.29) is 7.85 Å². The maximum Gasteiger partial charge on any atom is 0.241 e. The number of piperidine rings is 1. The number of aromatic nitrogens is 4. The number of aliphatic imine (C=N–C) groups is 1. The average molecular weight is 442 g/mol. The van der Waals surface area contributed by atoms with E-state index in [1.165, 1.54) is 0 Å². The van der Waals surface area contributed by atoms with Gasteiger partial charge in [-0.15, -0.1) is 5.10 Å². The summed E-state index contributed by atoms with van der Waals surface area (Å²) < 4.78 is 28.4. The van der Waals surface area contributed by atoms with Gasteiger partial charge in [0.05, 0.1) is 11.7 Å². The Bertz CT molecular complexity index is 1190. The molecule has 5 heterocycles. The standard InChI is InChI=1S/C23H27F2N7.H2/c1-14-23(2,11-20(24)25)18-10-15(12-26-21(18)28-14)17-6-9-32-19(17)13-27-22(30-32)29-16-4-7-31(3)8-5-16;/h6,9-10,12-13,16,20H,4-5,7-8,11H2,1-3H3,(H,29,30);1H. The lowest BCUT2D eigenvalue weighted by Gasteiger charge is -2.29. The SMILES string of the molecule is CC1=Nc2ncc(-c3ccn4nc(NC5CCN(C)CC5)ncc34)cc2C1(C)CC(F)F.[HH]. The molecule has 1 unspecified atom stereocenters. The molecule has 0 amide bonds. The summed E-state index contributed by atoms with van der Waals surface area (Å²) in [6.45, 7) is 5.74. The Balaban J connectivity index is 0.00000259. The molecule has 32 heavy (non-hydrogen) atoms. The van der Waals surface area contributed by atoms with Crippen LogP contribution in [0.25, 0.3) is 16.6 Å². The van der Waals surface area contributed by atoms with Crippen LogP contribution in [-0.2, 0) is 5.41 Å². The van der Waals surface area contributed by atoms with Gasteiger partial charge < -0.3 is 10.2 Å². The molecule has 0 spiro atoms. The molecule has 2 aliphatic rings. The number of fused-ring (bicyclic) bond motifs is 2. The molecule has 0 aliphatic carbocycles. The molecular weight excluding hydrogens is 412 g/mol. The highest BCUT2D eigenvalue weighted by Gasteiger charge is 2.40. The Kier molecular flexibility index (Phi) is 5.16. The normalized spacial score (nSPS) is 21.9. The largest absolute Gasteiger partial charge is 0.350 e. The van der Waals surface area contributed by atoms with Gasteiger partial charge in [0, 0.05) is 54.1 Å². The van der Waals surface area contributed by atoms with Gasteiger partial charge in [-0.1, -0.05) is 0 Å². The van der Waals surface area contributed by atoms with E-state index in [9.17, 15) is 8.78 Å². The first-order valence-corrected chi connectivity index (χ1v) is 11.0. The van der Waals surface area contributed by atoms with Gasteiger partial charge in [0.25, 0.3) is 0 Å². The Labute approximate surface area is 187 Å². The number of halogens is 2. The highest BCUT2D eigenvalue weighted by Crippen LogP contribution is 2.44. The number of hydrogen-bond donors (Lipinski definition) is 1. The Morgan fingerprint density at radius 3 is 2.78 bits per heavy atom. The van der Waals surface area contributed by atoms with Crippen LogP contribution in [0.1, 0.15) is 40.1 Å². The first kappa shape index (κ1) is 20.9. The maximum absolute atomic E-state index is 13.3. The molecule has 1 N–H and O–H groups in total. The second-order valence-corrected chi connectivity index (χ2v) is 9.08. The van der Waals surface area contributed by atoms with Gasteiger partial charge in [-0.2, -0.15) is 0 Å². The van der Waals surface area contributed by atoms with Gasteiger partial charge in [-0.05, 0) is 59.0 Å². The predicted molar refractivity (Wildman–Crippen MR) is 123 cm³/mol. The number of pyridine rings is 1. The summed E-state index contributed by atoms with van der Waals surface area (Å²) in [6, 6.07) is 4.26. The number of nitrogens with one attached hydrogen (secondary N) is 1. The van der Waals surface area contributed by atoms with Crippen molar-refractivity contribution in [3.05, 3.63) is 36.3 Å². The molecule has 1 fully saturated rings. The van der Waals surface area contributed by atoms with Crippen LogP contribution in [0.5, 0.6) is 0 Å². The lowest BCUT2D eigenvalue weighted by molar-refractivity contribution is 0.121. The Morgan fingerprint density at radius 2 is 2.03 bits per heavy atom. The molecule has 5 rings (SSSR count). The summed E-state index contributed by atoms with van der Waals surface area (Å²) in [4.78, 5) is 15.8. The highest BCUT2D eigenvalue weighted by molar-refractivity contribution is 5.99. The van der Waals surface area contributed by atoms with Gasteiger partial charge in [0.15, 0.2) is 5.82 Å². The third kappa shape index (κ3) is 3.64. The zero-order valence-electron chi connectivity index (χ0n) is 18.5. The minimum Gasteiger partial charge on any atom is -0.350 e. The van der Waals surface area contributed by atoms with Crippen LogP contribution in [0.15, 0.2) is 35.7 Å². The summed E-state index contributed by atoms with van der Waals surface area (Å²) in [5, 5.41) is 8.07. The third-order valence-electron chi connectivity index (χ3n) is 6.88. The molecular formula is C23H29F2N7. The van der Waals surface area contributed by atoms with E-state index in [1.807, 2.05) is 25.3 Å². The van der Waals surface area contributed by atoms with Crippen LogP contribution in [-0.4, -0.2) is 62.8 Å².